The van der Waals surface area contributed by atoms with Crippen LogP contribution in [0.2, 0.25) is 15.1 Å². The second kappa shape index (κ2) is 8.63. The van der Waals surface area contributed by atoms with Crippen LogP contribution in [0, 0.1) is 0 Å². The van der Waals surface area contributed by atoms with Crippen molar-refractivity contribution in [3.8, 4) is 5.75 Å². The van der Waals surface area contributed by atoms with Gasteiger partial charge in [0.05, 0.1) is 17.2 Å². The first-order valence-electron chi connectivity index (χ1n) is 5.61. The Morgan fingerprint density at radius 1 is 1.05 bits per heavy atom. The van der Waals surface area contributed by atoms with Crippen LogP contribution in [0.15, 0.2) is 24.3 Å². The molecule has 0 atom stereocenters. The van der Waals surface area contributed by atoms with E-state index in [0.717, 1.165) is 19.3 Å². The molecule has 0 aliphatic heterocycles. The zero-order valence-corrected chi connectivity index (χ0v) is 13.4. The van der Waals surface area contributed by atoms with Gasteiger partial charge in [-0.3, -0.25) is 0 Å². The number of hydrogen-bond donors (Lipinski definition) is 0. The molecule has 1 aromatic carbocycles. The van der Waals surface area contributed by atoms with Crippen LogP contribution in [0.25, 0.3) is 0 Å². The Morgan fingerprint density at radius 3 is 2.14 bits per heavy atom. The Bertz CT molecular complexity index is 603. The number of rotatable bonds is 5. The fraction of sp³-hybridized carbons (Fsp3) is 0.154. The van der Waals surface area contributed by atoms with E-state index in [9.17, 15) is 14.4 Å². The van der Waals surface area contributed by atoms with E-state index in [4.69, 9.17) is 39.5 Å². The topological polar surface area (TPSA) is 78.9 Å². The van der Waals surface area contributed by atoms with Crippen LogP contribution >= 0.6 is 34.8 Å². The minimum atomic E-state index is -0.921. The maximum absolute atomic E-state index is 11.5. The third-order valence-electron chi connectivity index (χ3n) is 2.07. The summed E-state index contributed by atoms with van der Waals surface area (Å²) in [6.07, 6.45) is 1.65. The summed E-state index contributed by atoms with van der Waals surface area (Å²) in [6.45, 7) is -0.695. The normalized spacial score (nSPS) is 10.4. The van der Waals surface area contributed by atoms with Gasteiger partial charge in [-0.15, -0.1) is 0 Å². The van der Waals surface area contributed by atoms with Crippen molar-refractivity contribution in [2.45, 2.75) is 0 Å². The molecule has 0 saturated heterocycles. The van der Waals surface area contributed by atoms with Gasteiger partial charge in [-0.1, -0.05) is 34.8 Å². The molecule has 0 radical (unpaired) electrons. The highest BCUT2D eigenvalue weighted by Gasteiger charge is 2.15. The number of hydrogen-bond acceptors (Lipinski definition) is 6. The summed E-state index contributed by atoms with van der Waals surface area (Å²) in [5.74, 6) is -2.67. The lowest BCUT2D eigenvalue weighted by Crippen LogP contribution is -2.18. The van der Waals surface area contributed by atoms with E-state index >= 15 is 0 Å². The van der Waals surface area contributed by atoms with E-state index in [-0.39, 0.29) is 20.8 Å². The van der Waals surface area contributed by atoms with Crippen molar-refractivity contribution >= 4 is 52.7 Å². The minimum Gasteiger partial charge on any atom is -0.466 e. The Hall–Kier alpha value is -1.76. The van der Waals surface area contributed by atoms with Crippen LogP contribution in [0.1, 0.15) is 0 Å². The van der Waals surface area contributed by atoms with Crippen molar-refractivity contribution in [3.05, 3.63) is 39.4 Å². The first-order valence-corrected chi connectivity index (χ1v) is 6.75. The number of carbonyl (C=O) groups excluding carboxylic acids is 3. The molecule has 0 unspecified atom stereocenters. The second-order valence-corrected chi connectivity index (χ2v) is 4.89. The van der Waals surface area contributed by atoms with Crippen LogP contribution in [-0.2, 0) is 23.9 Å². The Morgan fingerprint density at radius 2 is 1.59 bits per heavy atom. The van der Waals surface area contributed by atoms with Gasteiger partial charge in [-0.05, 0) is 12.1 Å². The first-order chi connectivity index (χ1) is 10.3. The highest BCUT2D eigenvalue weighted by molar-refractivity contribution is 6.40. The molecule has 0 heterocycles. The Balaban J connectivity index is 2.56. The quantitative estimate of drug-likeness (QED) is 0.452. The van der Waals surface area contributed by atoms with Gasteiger partial charge in [0, 0.05) is 17.2 Å². The summed E-state index contributed by atoms with van der Waals surface area (Å²) < 4.78 is 13.7. The maximum atomic E-state index is 11.5. The third-order valence-corrected chi connectivity index (χ3v) is 2.85. The summed E-state index contributed by atoms with van der Waals surface area (Å²) in [5.41, 5.74) is 0. The summed E-state index contributed by atoms with van der Waals surface area (Å²) in [4.78, 5) is 33.5. The van der Waals surface area contributed by atoms with Gasteiger partial charge >= 0.3 is 17.9 Å². The van der Waals surface area contributed by atoms with E-state index in [0.29, 0.717) is 0 Å². The highest BCUT2D eigenvalue weighted by atomic mass is 35.5. The average Bonchev–Trinajstić information content (AvgIpc) is 2.46. The number of carbonyl (C=O) groups is 3. The van der Waals surface area contributed by atoms with Gasteiger partial charge in [0.1, 0.15) is 0 Å². The number of benzene rings is 1. The molecule has 0 spiro atoms. The first kappa shape index (κ1) is 18.3. The number of methoxy groups -OCH3 is 1. The summed E-state index contributed by atoms with van der Waals surface area (Å²) in [7, 11) is 1.15. The molecule has 6 nitrogen and oxygen atoms in total. The SMILES string of the molecule is COC(=O)C=CC(=O)OCC(=O)Oc1c(Cl)cc(Cl)cc1Cl. The fourth-order valence-corrected chi connectivity index (χ4v) is 2.05. The molecule has 0 fully saturated rings. The lowest BCUT2D eigenvalue weighted by atomic mass is 10.3. The zero-order valence-electron chi connectivity index (χ0n) is 11.1. The highest BCUT2D eigenvalue weighted by Crippen LogP contribution is 2.35. The summed E-state index contributed by atoms with van der Waals surface area (Å²) in [5, 5.41) is 0.333. The molecule has 0 amide bonds. The molecular weight excluding hydrogens is 358 g/mol. The molecule has 118 valence electrons. The van der Waals surface area contributed by atoms with Gasteiger partial charge in [-0.2, -0.15) is 0 Å². The van der Waals surface area contributed by atoms with E-state index in [1.807, 2.05) is 0 Å². The lowest BCUT2D eigenvalue weighted by Gasteiger charge is -2.08. The van der Waals surface area contributed by atoms with Crippen LogP contribution < -0.4 is 4.74 Å². The number of ether oxygens (including phenoxy) is 3. The van der Waals surface area contributed by atoms with Crippen molar-refractivity contribution in [3.63, 3.8) is 0 Å². The predicted octanol–water partition coefficient (Wildman–Crippen LogP) is 2.82. The van der Waals surface area contributed by atoms with Gasteiger partial charge in [0.15, 0.2) is 12.4 Å². The molecule has 1 rings (SSSR count). The molecule has 0 bridgehead atoms. The van der Waals surface area contributed by atoms with Crippen LogP contribution in [-0.4, -0.2) is 31.6 Å². The minimum absolute atomic E-state index is 0.0303. The largest absolute Gasteiger partial charge is 0.466 e. The van der Waals surface area contributed by atoms with Crippen LogP contribution in [0.4, 0.5) is 0 Å². The van der Waals surface area contributed by atoms with Crippen LogP contribution in [0.3, 0.4) is 0 Å². The Kier molecular flexibility index (Phi) is 7.17. The molecule has 9 heteroatoms. The molecular formula is C13H9Cl3O6. The number of halogens is 3. The third kappa shape index (κ3) is 5.93. The smallest absolute Gasteiger partial charge is 0.349 e. The van der Waals surface area contributed by atoms with Crippen LogP contribution in [0.5, 0.6) is 5.75 Å². The van der Waals surface area contributed by atoms with E-state index in [1.54, 1.807) is 0 Å². The van der Waals surface area contributed by atoms with E-state index in [2.05, 4.69) is 9.47 Å². The van der Waals surface area contributed by atoms with Gasteiger partial charge in [0.2, 0.25) is 0 Å². The summed E-state index contributed by atoms with van der Waals surface area (Å²) in [6, 6.07) is 2.67. The molecule has 0 saturated carbocycles. The van der Waals surface area contributed by atoms with Gasteiger partial charge < -0.3 is 14.2 Å². The molecule has 0 aliphatic rings. The monoisotopic (exact) mass is 366 g/mol. The van der Waals surface area contributed by atoms with Crippen molar-refractivity contribution in [1.29, 1.82) is 0 Å². The predicted molar refractivity (Wildman–Crippen MR) is 79.2 cm³/mol. The van der Waals surface area contributed by atoms with Crippen molar-refractivity contribution < 1.29 is 28.6 Å². The van der Waals surface area contributed by atoms with E-state index in [1.165, 1.54) is 12.1 Å². The Labute approximate surface area is 140 Å². The van der Waals surface area contributed by atoms with Crippen molar-refractivity contribution in [2.75, 3.05) is 13.7 Å². The molecule has 22 heavy (non-hydrogen) atoms. The van der Waals surface area contributed by atoms with Gasteiger partial charge in [-0.25, -0.2) is 14.4 Å². The lowest BCUT2D eigenvalue weighted by molar-refractivity contribution is -0.150. The summed E-state index contributed by atoms with van der Waals surface area (Å²) >= 11 is 17.4. The molecule has 0 aliphatic carbocycles. The average molecular weight is 368 g/mol. The van der Waals surface area contributed by atoms with E-state index < -0.39 is 24.5 Å². The standard InChI is InChI=1S/C13H9Cl3O6/c1-20-10(17)2-3-11(18)21-6-12(19)22-13-8(15)4-7(14)5-9(13)16/h2-5H,6H2,1H3. The molecule has 1 aromatic rings. The maximum Gasteiger partial charge on any atom is 0.349 e. The van der Waals surface area contributed by atoms with Crippen molar-refractivity contribution in [2.24, 2.45) is 0 Å². The fourth-order valence-electron chi connectivity index (χ4n) is 1.15. The number of esters is 3. The molecule has 0 aromatic heterocycles. The van der Waals surface area contributed by atoms with Gasteiger partial charge in [0.25, 0.3) is 0 Å². The zero-order chi connectivity index (χ0) is 16.7. The van der Waals surface area contributed by atoms with Crippen molar-refractivity contribution in [1.82, 2.24) is 0 Å². The second-order valence-electron chi connectivity index (χ2n) is 3.64. The molecule has 0 N–H and O–H groups in total.